The molecule has 0 spiro atoms. The van der Waals surface area contributed by atoms with Crippen LogP contribution in [0, 0.1) is 6.92 Å². The lowest BCUT2D eigenvalue weighted by atomic mass is 10.1. The molecule has 2 N–H and O–H groups in total. The SMILES string of the molecule is CN=C(NCc1cccc(C(=O)N2CCCCC2)c1)NCc1cc(C)ccc1OC(F)F.I. The number of rotatable bonds is 7. The molecule has 0 aliphatic carbocycles. The Morgan fingerprint density at radius 1 is 1.09 bits per heavy atom. The van der Waals surface area contributed by atoms with Crippen LogP contribution in [0.15, 0.2) is 47.5 Å². The quantitative estimate of drug-likeness (QED) is 0.287. The van der Waals surface area contributed by atoms with Gasteiger partial charge in [-0.2, -0.15) is 8.78 Å². The second-order valence-electron chi connectivity index (χ2n) is 7.82. The van der Waals surface area contributed by atoms with Crippen LogP contribution in [-0.2, 0) is 13.1 Å². The molecule has 0 aromatic heterocycles. The maximum atomic E-state index is 12.7. The minimum absolute atomic E-state index is 0. The number of aryl methyl sites for hydroxylation is 1. The summed E-state index contributed by atoms with van der Waals surface area (Å²) in [6.07, 6.45) is 3.29. The number of benzene rings is 2. The van der Waals surface area contributed by atoms with Gasteiger partial charge in [0.2, 0.25) is 0 Å². The highest BCUT2D eigenvalue weighted by atomic mass is 127. The molecule has 1 heterocycles. The first kappa shape index (κ1) is 26.8. The van der Waals surface area contributed by atoms with Crippen molar-refractivity contribution in [2.45, 2.75) is 45.9 Å². The van der Waals surface area contributed by atoms with Crippen LogP contribution in [0.5, 0.6) is 5.75 Å². The molecular formula is C24H31F2IN4O2. The predicted molar refractivity (Wildman–Crippen MR) is 136 cm³/mol. The molecule has 0 radical (unpaired) electrons. The Hall–Kier alpha value is -2.43. The number of guanidine groups is 1. The van der Waals surface area contributed by atoms with Crippen LogP contribution in [0.25, 0.3) is 0 Å². The van der Waals surface area contributed by atoms with Crippen LogP contribution < -0.4 is 15.4 Å². The number of hydrogen-bond acceptors (Lipinski definition) is 3. The van der Waals surface area contributed by atoms with E-state index in [4.69, 9.17) is 0 Å². The first-order valence-electron chi connectivity index (χ1n) is 10.8. The number of halogens is 3. The van der Waals surface area contributed by atoms with Crippen LogP contribution in [0.3, 0.4) is 0 Å². The fourth-order valence-electron chi connectivity index (χ4n) is 3.74. The molecule has 1 aliphatic heterocycles. The van der Waals surface area contributed by atoms with Gasteiger partial charge in [0.05, 0.1) is 0 Å². The number of carbonyl (C=O) groups is 1. The van der Waals surface area contributed by atoms with E-state index in [0.29, 0.717) is 23.6 Å². The molecule has 3 rings (SSSR count). The number of ether oxygens (including phenoxy) is 1. The van der Waals surface area contributed by atoms with Gasteiger partial charge in [0.1, 0.15) is 5.75 Å². The molecular weight excluding hydrogens is 541 g/mol. The number of nitrogens with one attached hydrogen (secondary N) is 2. The maximum absolute atomic E-state index is 12.7. The van der Waals surface area contributed by atoms with Gasteiger partial charge >= 0.3 is 6.61 Å². The van der Waals surface area contributed by atoms with Crippen molar-refractivity contribution in [1.82, 2.24) is 15.5 Å². The van der Waals surface area contributed by atoms with Gasteiger partial charge in [0.25, 0.3) is 5.91 Å². The van der Waals surface area contributed by atoms with Crippen molar-refractivity contribution in [2.24, 2.45) is 4.99 Å². The van der Waals surface area contributed by atoms with Crippen molar-refractivity contribution in [3.8, 4) is 5.75 Å². The average molecular weight is 572 g/mol. The molecule has 0 unspecified atom stereocenters. The number of amides is 1. The Morgan fingerprint density at radius 2 is 1.82 bits per heavy atom. The largest absolute Gasteiger partial charge is 0.434 e. The number of alkyl halides is 2. The highest BCUT2D eigenvalue weighted by Gasteiger charge is 2.18. The number of hydrogen-bond donors (Lipinski definition) is 2. The summed E-state index contributed by atoms with van der Waals surface area (Å²) in [6.45, 7) is 1.38. The second-order valence-corrected chi connectivity index (χ2v) is 7.82. The first-order chi connectivity index (χ1) is 15.5. The lowest BCUT2D eigenvalue weighted by Gasteiger charge is -2.26. The molecule has 0 saturated carbocycles. The van der Waals surface area contributed by atoms with E-state index in [1.165, 1.54) is 6.42 Å². The fourth-order valence-corrected chi connectivity index (χ4v) is 3.74. The molecule has 1 aliphatic rings. The van der Waals surface area contributed by atoms with Crippen molar-refractivity contribution in [3.63, 3.8) is 0 Å². The lowest BCUT2D eigenvalue weighted by Crippen LogP contribution is -2.37. The average Bonchev–Trinajstić information content (AvgIpc) is 2.80. The normalized spacial score (nSPS) is 14.0. The van der Waals surface area contributed by atoms with E-state index in [9.17, 15) is 13.6 Å². The van der Waals surface area contributed by atoms with E-state index in [1.54, 1.807) is 25.2 Å². The summed E-state index contributed by atoms with van der Waals surface area (Å²) >= 11 is 0. The lowest BCUT2D eigenvalue weighted by molar-refractivity contribution is -0.0504. The first-order valence-corrected chi connectivity index (χ1v) is 10.8. The summed E-state index contributed by atoms with van der Waals surface area (Å²) in [5.41, 5.74) is 3.19. The van der Waals surface area contributed by atoms with Crippen molar-refractivity contribution < 1.29 is 18.3 Å². The Bertz CT molecular complexity index is 950. The van der Waals surface area contributed by atoms with Gasteiger partial charge in [-0.1, -0.05) is 29.8 Å². The monoisotopic (exact) mass is 572 g/mol. The smallest absolute Gasteiger partial charge is 0.387 e. The predicted octanol–water partition coefficient (Wildman–Crippen LogP) is 4.71. The maximum Gasteiger partial charge on any atom is 0.387 e. The summed E-state index contributed by atoms with van der Waals surface area (Å²) in [6, 6.07) is 12.6. The van der Waals surface area contributed by atoms with Gasteiger partial charge in [0, 0.05) is 44.4 Å². The minimum Gasteiger partial charge on any atom is -0.434 e. The zero-order valence-electron chi connectivity index (χ0n) is 18.9. The van der Waals surface area contributed by atoms with Crippen LogP contribution in [0.1, 0.15) is 46.3 Å². The Labute approximate surface area is 210 Å². The van der Waals surface area contributed by atoms with Crippen molar-refractivity contribution in [1.29, 1.82) is 0 Å². The molecule has 0 atom stereocenters. The van der Waals surface area contributed by atoms with Crippen molar-refractivity contribution in [3.05, 3.63) is 64.7 Å². The summed E-state index contributed by atoms with van der Waals surface area (Å²) in [5, 5.41) is 6.33. The zero-order chi connectivity index (χ0) is 22.9. The van der Waals surface area contributed by atoms with E-state index in [-0.39, 0.29) is 42.2 Å². The Kier molecular flexibility index (Phi) is 10.8. The third-order valence-corrected chi connectivity index (χ3v) is 5.38. The van der Waals surface area contributed by atoms with Gasteiger partial charge in [-0.15, -0.1) is 24.0 Å². The molecule has 2 aromatic carbocycles. The van der Waals surface area contributed by atoms with E-state index in [0.717, 1.165) is 37.1 Å². The molecule has 1 fully saturated rings. The van der Waals surface area contributed by atoms with Crippen LogP contribution in [-0.4, -0.2) is 43.5 Å². The van der Waals surface area contributed by atoms with Gasteiger partial charge in [-0.3, -0.25) is 9.79 Å². The van der Waals surface area contributed by atoms with Gasteiger partial charge < -0.3 is 20.3 Å². The topological polar surface area (TPSA) is 66.0 Å². The van der Waals surface area contributed by atoms with E-state index in [2.05, 4.69) is 20.4 Å². The Balaban J connectivity index is 0.00000385. The Morgan fingerprint density at radius 3 is 2.52 bits per heavy atom. The van der Waals surface area contributed by atoms with Crippen LogP contribution in [0.2, 0.25) is 0 Å². The number of likely N-dealkylation sites (tertiary alicyclic amines) is 1. The number of nitrogens with zero attached hydrogens (tertiary/aromatic N) is 2. The fraction of sp³-hybridized carbons (Fsp3) is 0.417. The second kappa shape index (κ2) is 13.3. The summed E-state index contributed by atoms with van der Waals surface area (Å²) in [7, 11) is 1.64. The van der Waals surface area contributed by atoms with Gasteiger partial charge in [-0.05, 0) is 49.9 Å². The number of aliphatic imine (C=N–C) groups is 1. The molecule has 9 heteroatoms. The molecule has 6 nitrogen and oxygen atoms in total. The minimum atomic E-state index is -2.88. The zero-order valence-corrected chi connectivity index (χ0v) is 21.3. The third-order valence-electron chi connectivity index (χ3n) is 5.38. The molecule has 1 saturated heterocycles. The number of carbonyl (C=O) groups excluding carboxylic acids is 1. The molecule has 1 amide bonds. The third kappa shape index (κ3) is 8.13. The van der Waals surface area contributed by atoms with Gasteiger partial charge in [-0.25, -0.2) is 0 Å². The van der Waals surface area contributed by atoms with E-state index in [1.807, 2.05) is 36.1 Å². The molecule has 180 valence electrons. The molecule has 0 bridgehead atoms. The number of piperidine rings is 1. The van der Waals surface area contributed by atoms with Crippen molar-refractivity contribution in [2.75, 3.05) is 20.1 Å². The molecule has 2 aromatic rings. The summed E-state index contributed by atoms with van der Waals surface area (Å²) in [5.74, 6) is 0.722. The molecule has 33 heavy (non-hydrogen) atoms. The van der Waals surface area contributed by atoms with Gasteiger partial charge in [0.15, 0.2) is 5.96 Å². The highest BCUT2D eigenvalue weighted by molar-refractivity contribution is 14.0. The van der Waals surface area contributed by atoms with Crippen LogP contribution >= 0.6 is 24.0 Å². The van der Waals surface area contributed by atoms with E-state index < -0.39 is 6.61 Å². The van der Waals surface area contributed by atoms with Crippen molar-refractivity contribution >= 4 is 35.8 Å². The van der Waals surface area contributed by atoms with Crippen LogP contribution in [0.4, 0.5) is 8.78 Å². The van der Waals surface area contributed by atoms with E-state index >= 15 is 0 Å². The highest BCUT2D eigenvalue weighted by Crippen LogP contribution is 2.22. The summed E-state index contributed by atoms with van der Waals surface area (Å²) < 4.78 is 30.0. The standard InChI is InChI=1S/C24H30F2N4O2.HI/c1-17-9-10-21(32-23(25)26)20(13-17)16-29-24(27-2)28-15-18-7-6-8-19(14-18)22(31)30-11-4-3-5-12-30;/h6-10,13-14,23H,3-5,11-12,15-16H2,1-2H3,(H2,27,28,29);1H. The summed E-state index contributed by atoms with van der Waals surface area (Å²) in [4.78, 5) is 18.9.